The molecule has 1 saturated heterocycles. The van der Waals surface area contributed by atoms with Crippen LogP contribution in [-0.2, 0) is 19.0 Å². The third kappa shape index (κ3) is 3.11. The summed E-state index contributed by atoms with van der Waals surface area (Å²) < 4.78 is 16.4. The van der Waals surface area contributed by atoms with Crippen molar-refractivity contribution in [2.45, 2.75) is 57.8 Å². The normalized spacial score (nSPS) is 39.7. The summed E-state index contributed by atoms with van der Waals surface area (Å²) in [6.07, 6.45) is 5.74. The quantitative estimate of drug-likeness (QED) is 0.735. The molecule has 108 valence electrons. The lowest BCUT2D eigenvalue weighted by Gasteiger charge is -2.21. The summed E-state index contributed by atoms with van der Waals surface area (Å²) in [6.45, 7) is 4.59. The molecule has 0 amide bonds. The van der Waals surface area contributed by atoms with E-state index in [1.807, 2.05) is 13.8 Å². The van der Waals surface area contributed by atoms with Gasteiger partial charge in [-0.1, -0.05) is 6.42 Å². The Labute approximate surface area is 114 Å². The van der Waals surface area contributed by atoms with Gasteiger partial charge in [0.15, 0.2) is 5.79 Å². The molecule has 0 unspecified atom stereocenters. The average Bonchev–Trinajstić information content (AvgIpc) is 3.01. The summed E-state index contributed by atoms with van der Waals surface area (Å²) in [5.41, 5.74) is 0. The Morgan fingerprint density at radius 2 is 2.16 bits per heavy atom. The van der Waals surface area contributed by atoms with Crippen molar-refractivity contribution >= 4 is 5.97 Å². The number of rotatable bonds is 4. The Balaban J connectivity index is 1.38. The Bertz CT molecular complexity index is 352. The second kappa shape index (κ2) is 5.06. The zero-order chi connectivity index (χ0) is 13.5. The third-order valence-electron chi connectivity index (χ3n) is 4.81. The fourth-order valence-electron chi connectivity index (χ4n) is 3.93. The zero-order valence-corrected chi connectivity index (χ0v) is 11.9. The van der Waals surface area contributed by atoms with E-state index in [4.69, 9.17) is 14.2 Å². The van der Waals surface area contributed by atoms with E-state index in [1.165, 1.54) is 25.7 Å². The van der Waals surface area contributed by atoms with Gasteiger partial charge in [-0.15, -0.1) is 0 Å². The van der Waals surface area contributed by atoms with E-state index in [9.17, 15) is 4.79 Å². The molecule has 0 radical (unpaired) electrons. The molecular formula is C15H24O4. The number of esters is 1. The first-order valence-corrected chi connectivity index (χ1v) is 7.49. The number of ether oxygens (including phenoxy) is 3. The van der Waals surface area contributed by atoms with Gasteiger partial charge in [0.2, 0.25) is 0 Å². The van der Waals surface area contributed by atoms with E-state index >= 15 is 0 Å². The number of hydrogen-bond donors (Lipinski definition) is 0. The number of hydrogen-bond acceptors (Lipinski definition) is 4. The molecule has 1 aliphatic heterocycles. The van der Waals surface area contributed by atoms with Gasteiger partial charge in [-0.2, -0.15) is 0 Å². The lowest BCUT2D eigenvalue weighted by Crippen LogP contribution is -2.26. The van der Waals surface area contributed by atoms with Crippen molar-refractivity contribution in [2.24, 2.45) is 17.8 Å². The van der Waals surface area contributed by atoms with Crippen molar-refractivity contribution in [2.75, 3.05) is 13.2 Å². The van der Waals surface area contributed by atoms with E-state index in [-0.39, 0.29) is 12.1 Å². The summed E-state index contributed by atoms with van der Waals surface area (Å²) in [7, 11) is 0. The fourth-order valence-corrected chi connectivity index (χ4v) is 3.93. The lowest BCUT2D eigenvalue weighted by atomic mass is 9.86. The van der Waals surface area contributed by atoms with Gasteiger partial charge < -0.3 is 14.2 Å². The van der Waals surface area contributed by atoms with Gasteiger partial charge in [0.1, 0.15) is 12.7 Å². The third-order valence-corrected chi connectivity index (χ3v) is 4.81. The average molecular weight is 268 g/mol. The highest BCUT2D eigenvalue weighted by atomic mass is 16.7. The summed E-state index contributed by atoms with van der Waals surface area (Å²) in [5.74, 6) is 1.63. The van der Waals surface area contributed by atoms with Crippen LogP contribution in [-0.4, -0.2) is 31.1 Å². The molecule has 0 aromatic heterocycles. The fraction of sp³-hybridized carbons (Fsp3) is 0.933. The molecule has 2 bridgehead atoms. The molecule has 3 aliphatic rings. The van der Waals surface area contributed by atoms with Gasteiger partial charge in [-0.25, -0.2) is 0 Å². The second-order valence-electron chi connectivity index (χ2n) is 6.77. The van der Waals surface area contributed by atoms with Crippen LogP contribution >= 0.6 is 0 Å². The van der Waals surface area contributed by atoms with Crippen molar-refractivity contribution in [1.82, 2.24) is 0 Å². The minimum atomic E-state index is -0.540. The second-order valence-corrected chi connectivity index (χ2v) is 6.77. The predicted molar refractivity (Wildman–Crippen MR) is 69.4 cm³/mol. The number of carbonyl (C=O) groups excluding carboxylic acids is 1. The van der Waals surface area contributed by atoms with Crippen LogP contribution < -0.4 is 0 Å². The molecule has 0 aromatic rings. The van der Waals surface area contributed by atoms with Gasteiger partial charge >= 0.3 is 5.97 Å². The smallest absolute Gasteiger partial charge is 0.306 e. The van der Waals surface area contributed by atoms with E-state index in [2.05, 4.69) is 0 Å². The summed E-state index contributed by atoms with van der Waals surface area (Å²) in [6, 6.07) is 0. The van der Waals surface area contributed by atoms with Gasteiger partial charge in [0.05, 0.1) is 6.61 Å². The largest absolute Gasteiger partial charge is 0.463 e. The van der Waals surface area contributed by atoms with E-state index < -0.39 is 5.79 Å². The number of fused-ring (bicyclic) bond motifs is 2. The maximum Gasteiger partial charge on any atom is 0.306 e. The minimum Gasteiger partial charge on any atom is -0.463 e. The van der Waals surface area contributed by atoms with Crippen molar-refractivity contribution in [3.05, 3.63) is 0 Å². The summed E-state index contributed by atoms with van der Waals surface area (Å²) in [5, 5.41) is 0. The maximum atomic E-state index is 11.9. The molecule has 3 rings (SSSR count). The predicted octanol–water partition coefficient (Wildman–Crippen LogP) is 2.51. The lowest BCUT2D eigenvalue weighted by molar-refractivity contribution is -0.159. The van der Waals surface area contributed by atoms with Gasteiger partial charge in [-0.05, 0) is 50.9 Å². The monoisotopic (exact) mass is 268 g/mol. The summed E-state index contributed by atoms with van der Waals surface area (Å²) in [4.78, 5) is 11.9. The van der Waals surface area contributed by atoms with Crippen LogP contribution in [0.4, 0.5) is 0 Å². The van der Waals surface area contributed by atoms with Crippen LogP contribution in [0.2, 0.25) is 0 Å². The highest BCUT2D eigenvalue weighted by Crippen LogP contribution is 2.49. The molecule has 1 heterocycles. The molecule has 0 spiro atoms. The highest BCUT2D eigenvalue weighted by Gasteiger charge is 2.40. The number of carbonyl (C=O) groups is 1. The molecule has 0 aromatic carbocycles. The van der Waals surface area contributed by atoms with Crippen molar-refractivity contribution < 1.29 is 19.0 Å². The van der Waals surface area contributed by atoms with Crippen molar-refractivity contribution in [1.29, 1.82) is 0 Å². The Morgan fingerprint density at radius 3 is 2.74 bits per heavy atom. The van der Waals surface area contributed by atoms with Crippen LogP contribution in [0.25, 0.3) is 0 Å². The van der Waals surface area contributed by atoms with Crippen LogP contribution in [0.15, 0.2) is 0 Å². The highest BCUT2D eigenvalue weighted by molar-refractivity contribution is 5.69. The Kier molecular flexibility index (Phi) is 3.56. The first kappa shape index (κ1) is 13.4. The molecule has 0 N–H and O–H groups in total. The molecule has 4 heteroatoms. The molecule has 4 nitrogen and oxygen atoms in total. The van der Waals surface area contributed by atoms with Crippen LogP contribution in [0.5, 0.6) is 0 Å². The van der Waals surface area contributed by atoms with Gasteiger partial charge in [0.25, 0.3) is 0 Å². The molecular weight excluding hydrogens is 244 g/mol. The first-order valence-electron chi connectivity index (χ1n) is 7.49. The van der Waals surface area contributed by atoms with Gasteiger partial charge in [-0.3, -0.25) is 4.79 Å². The maximum absolute atomic E-state index is 11.9. The van der Waals surface area contributed by atoms with Crippen molar-refractivity contribution in [3.63, 3.8) is 0 Å². The molecule has 4 atom stereocenters. The molecule has 2 saturated carbocycles. The SMILES string of the molecule is CC1(C)OC[C@@H](COC(=O)C[C@H]2C[C@H]3CC[C@H]2C3)O1. The van der Waals surface area contributed by atoms with Crippen LogP contribution in [0.3, 0.4) is 0 Å². The van der Waals surface area contributed by atoms with E-state index in [0.29, 0.717) is 25.6 Å². The minimum absolute atomic E-state index is 0.0640. The molecule has 2 aliphatic carbocycles. The van der Waals surface area contributed by atoms with Crippen LogP contribution in [0.1, 0.15) is 46.0 Å². The van der Waals surface area contributed by atoms with Crippen LogP contribution in [0, 0.1) is 17.8 Å². The topological polar surface area (TPSA) is 44.8 Å². The van der Waals surface area contributed by atoms with E-state index in [0.717, 1.165) is 11.8 Å². The zero-order valence-electron chi connectivity index (χ0n) is 11.9. The van der Waals surface area contributed by atoms with Gasteiger partial charge in [0, 0.05) is 6.42 Å². The molecule has 19 heavy (non-hydrogen) atoms. The summed E-state index contributed by atoms with van der Waals surface area (Å²) >= 11 is 0. The Morgan fingerprint density at radius 1 is 1.32 bits per heavy atom. The first-order chi connectivity index (χ1) is 9.02. The molecule has 3 fully saturated rings. The van der Waals surface area contributed by atoms with Crippen molar-refractivity contribution in [3.8, 4) is 0 Å². The standard InChI is InChI=1S/C15H24O4/c1-15(2)18-9-13(19-15)8-17-14(16)7-12-6-10-3-4-11(12)5-10/h10-13H,3-9H2,1-2H3/t10-,11-,12+,13+/m0/s1. The Hall–Kier alpha value is -0.610. The van der Waals surface area contributed by atoms with E-state index in [1.54, 1.807) is 0 Å².